The second-order valence-corrected chi connectivity index (χ2v) is 7.10. The number of carbonyl (C=O) groups is 1. The summed E-state index contributed by atoms with van der Waals surface area (Å²) in [5, 5.41) is 9.48. The van der Waals surface area contributed by atoms with Crippen molar-refractivity contribution in [1.29, 1.82) is 0 Å². The molecule has 0 aliphatic rings. The predicted octanol–water partition coefficient (Wildman–Crippen LogP) is 5.37. The van der Waals surface area contributed by atoms with Crippen LogP contribution in [0.15, 0.2) is 54.6 Å². The maximum Gasteiger partial charge on any atom is 0.430 e. The van der Waals surface area contributed by atoms with Crippen LogP contribution in [0.1, 0.15) is 31.4 Å². The molecular weight excluding hydrogens is 412 g/mol. The molecule has 0 heterocycles. The highest BCUT2D eigenvalue weighted by molar-refractivity contribution is 5.94. The summed E-state index contributed by atoms with van der Waals surface area (Å²) >= 11 is 0. The molecule has 0 saturated heterocycles. The molecule has 0 aliphatic heterocycles. The van der Waals surface area contributed by atoms with Gasteiger partial charge >= 0.3 is 12.4 Å². The lowest BCUT2D eigenvalue weighted by Crippen LogP contribution is -2.53. The van der Waals surface area contributed by atoms with Gasteiger partial charge in [0.2, 0.25) is 5.91 Å². The molecule has 0 atom stereocenters. The molecule has 1 amide bonds. The van der Waals surface area contributed by atoms with E-state index in [1.807, 2.05) is 30.3 Å². The first kappa shape index (κ1) is 23.7. The van der Waals surface area contributed by atoms with E-state index in [-0.39, 0.29) is 24.1 Å². The lowest BCUT2D eigenvalue weighted by atomic mass is 9.92. The average Bonchev–Trinajstić information content (AvgIpc) is 2.65. The highest BCUT2D eigenvalue weighted by Gasteiger charge is 2.71. The zero-order valence-corrected chi connectivity index (χ0v) is 16.3. The lowest BCUT2D eigenvalue weighted by Gasteiger charge is -2.33. The minimum atomic E-state index is -5.96. The molecule has 2 rings (SSSR count). The van der Waals surface area contributed by atoms with Crippen LogP contribution in [0.3, 0.4) is 0 Å². The van der Waals surface area contributed by atoms with Crippen molar-refractivity contribution < 1.29 is 36.2 Å². The van der Waals surface area contributed by atoms with Gasteiger partial charge in [-0.1, -0.05) is 42.5 Å². The molecule has 3 nitrogen and oxygen atoms in total. The third-order valence-electron chi connectivity index (χ3n) is 4.64. The highest BCUT2D eigenvalue weighted by atomic mass is 19.4. The van der Waals surface area contributed by atoms with Crippen LogP contribution in [0, 0.1) is 0 Å². The summed E-state index contributed by atoms with van der Waals surface area (Å²) < 4.78 is 78.2. The summed E-state index contributed by atoms with van der Waals surface area (Å²) in [5.41, 5.74) is -5.31. The second-order valence-electron chi connectivity index (χ2n) is 7.10. The van der Waals surface area contributed by atoms with Crippen LogP contribution in [0.25, 0.3) is 0 Å². The summed E-state index contributed by atoms with van der Waals surface area (Å²) in [4.78, 5) is 14.0. The number of benzene rings is 2. The number of anilines is 1. The Morgan fingerprint density at radius 3 is 1.83 bits per heavy atom. The first-order chi connectivity index (χ1) is 13.8. The van der Waals surface area contributed by atoms with Crippen molar-refractivity contribution in [2.45, 2.75) is 50.7 Å². The Kier molecular flexibility index (Phi) is 6.86. The van der Waals surface area contributed by atoms with Crippen LogP contribution in [-0.2, 0) is 16.8 Å². The summed E-state index contributed by atoms with van der Waals surface area (Å²) in [6.45, 7) is 3.35. The van der Waals surface area contributed by atoms with Gasteiger partial charge in [-0.15, -0.1) is 0 Å². The number of hydrogen-bond acceptors (Lipinski definition) is 2. The fourth-order valence-electron chi connectivity index (χ4n) is 3.10. The third kappa shape index (κ3) is 4.77. The average molecular weight is 433 g/mol. The van der Waals surface area contributed by atoms with E-state index in [4.69, 9.17) is 0 Å². The highest BCUT2D eigenvalue weighted by Crippen LogP contribution is 2.50. The molecule has 0 saturated carbocycles. The number of aliphatic hydroxyl groups is 1. The molecule has 0 radical (unpaired) electrons. The third-order valence-corrected chi connectivity index (χ3v) is 4.64. The molecular formula is C21H21F6NO2. The molecule has 0 spiro atoms. The van der Waals surface area contributed by atoms with E-state index in [2.05, 4.69) is 0 Å². The van der Waals surface area contributed by atoms with E-state index in [1.54, 1.807) is 13.8 Å². The fourth-order valence-corrected chi connectivity index (χ4v) is 3.10. The Bertz CT molecular complexity index is 831. The van der Waals surface area contributed by atoms with E-state index < -0.39 is 23.5 Å². The first-order valence-corrected chi connectivity index (χ1v) is 9.11. The number of rotatable bonds is 6. The van der Waals surface area contributed by atoms with Crippen molar-refractivity contribution >= 4 is 11.6 Å². The van der Waals surface area contributed by atoms with Gasteiger partial charge in [0, 0.05) is 23.7 Å². The van der Waals surface area contributed by atoms with Crippen LogP contribution in [0.2, 0.25) is 0 Å². The number of nitrogens with zero attached hydrogens (tertiary/aromatic N) is 1. The van der Waals surface area contributed by atoms with E-state index in [0.29, 0.717) is 18.6 Å². The monoisotopic (exact) mass is 433 g/mol. The number of alkyl halides is 6. The summed E-state index contributed by atoms with van der Waals surface area (Å²) in [5.74, 6) is -0.330. The maximum atomic E-state index is 13.0. The van der Waals surface area contributed by atoms with Gasteiger partial charge in [0.05, 0.1) is 0 Å². The van der Waals surface area contributed by atoms with Gasteiger partial charge in [0.1, 0.15) is 0 Å². The van der Waals surface area contributed by atoms with Crippen molar-refractivity contribution in [1.82, 2.24) is 0 Å². The van der Waals surface area contributed by atoms with Crippen LogP contribution in [-0.4, -0.2) is 29.4 Å². The van der Waals surface area contributed by atoms with Gasteiger partial charge in [-0.3, -0.25) is 4.79 Å². The Labute approximate surface area is 169 Å². The van der Waals surface area contributed by atoms with Gasteiger partial charge in [0.25, 0.3) is 5.60 Å². The summed E-state index contributed by atoms with van der Waals surface area (Å²) in [6.07, 6.45) is -11.4. The van der Waals surface area contributed by atoms with Gasteiger partial charge < -0.3 is 10.0 Å². The maximum absolute atomic E-state index is 13.0. The Morgan fingerprint density at radius 2 is 1.40 bits per heavy atom. The number of carbonyl (C=O) groups excluding carboxylic acids is 1. The van der Waals surface area contributed by atoms with E-state index in [9.17, 15) is 36.2 Å². The number of halogens is 6. The lowest BCUT2D eigenvalue weighted by molar-refractivity contribution is -0.376. The van der Waals surface area contributed by atoms with Gasteiger partial charge in [-0.05, 0) is 38.0 Å². The fraction of sp³-hybridized carbons (Fsp3) is 0.381. The molecule has 0 unspecified atom stereocenters. The SMILES string of the molecule is CC(C)N(C(=O)CCc1ccccc1)c1ccc(C(O)(C(F)(F)F)C(F)(F)F)cc1. The zero-order valence-electron chi connectivity index (χ0n) is 16.3. The Morgan fingerprint density at radius 1 is 0.900 bits per heavy atom. The largest absolute Gasteiger partial charge is 0.430 e. The van der Waals surface area contributed by atoms with Crippen LogP contribution in [0.5, 0.6) is 0 Å². The summed E-state index contributed by atoms with van der Waals surface area (Å²) in [7, 11) is 0. The predicted molar refractivity (Wildman–Crippen MR) is 99.8 cm³/mol. The minimum absolute atomic E-state index is 0.110. The number of aryl methyl sites for hydroxylation is 1. The molecule has 2 aromatic rings. The van der Waals surface area contributed by atoms with Crippen molar-refractivity contribution in [3.8, 4) is 0 Å². The standard InChI is InChI=1S/C21H21F6NO2/c1-14(2)28(18(29)13-8-15-6-4-3-5-7-15)17-11-9-16(10-12-17)19(30,20(22,23)24)21(25,26)27/h3-7,9-12,14,30H,8,13H2,1-2H3. The molecule has 0 aliphatic carbocycles. The van der Waals surface area contributed by atoms with Gasteiger partial charge in [0.15, 0.2) is 0 Å². The van der Waals surface area contributed by atoms with Crippen molar-refractivity contribution in [3.05, 3.63) is 65.7 Å². The molecule has 30 heavy (non-hydrogen) atoms. The zero-order chi connectivity index (χ0) is 22.7. The quantitative estimate of drug-likeness (QED) is 0.622. The van der Waals surface area contributed by atoms with Gasteiger partial charge in [-0.2, -0.15) is 26.3 Å². The van der Waals surface area contributed by atoms with Crippen molar-refractivity contribution in [3.63, 3.8) is 0 Å². The molecule has 0 aromatic heterocycles. The van der Waals surface area contributed by atoms with Crippen molar-refractivity contribution in [2.75, 3.05) is 4.90 Å². The first-order valence-electron chi connectivity index (χ1n) is 9.11. The van der Waals surface area contributed by atoms with E-state index >= 15 is 0 Å². The molecule has 1 N–H and O–H groups in total. The Hall–Kier alpha value is -2.55. The van der Waals surface area contributed by atoms with E-state index in [1.165, 1.54) is 4.90 Å². The molecule has 9 heteroatoms. The Balaban J connectivity index is 2.29. The van der Waals surface area contributed by atoms with Gasteiger partial charge in [-0.25, -0.2) is 0 Å². The molecule has 2 aromatic carbocycles. The van der Waals surface area contributed by atoms with Crippen LogP contribution in [0.4, 0.5) is 32.0 Å². The van der Waals surface area contributed by atoms with E-state index in [0.717, 1.165) is 17.7 Å². The topological polar surface area (TPSA) is 40.5 Å². The van der Waals surface area contributed by atoms with Crippen molar-refractivity contribution in [2.24, 2.45) is 0 Å². The van der Waals surface area contributed by atoms with Crippen LogP contribution < -0.4 is 4.90 Å². The second kappa shape index (κ2) is 8.67. The molecule has 164 valence electrons. The smallest absolute Gasteiger partial charge is 0.369 e. The summed E-state index contributed by atoms with van der Waals surface area (Å²) in [6, 6.07) is 11.8. The minimum Gasteiger partial charge on any atom is -0.369 e. The molecule has 0 bridgehead atoms. The normalized spacial score (nSPS) is 12.9. The number of hydrogen-bond donors (Lipinski definition) is 1. The molecule has 0 fully saturated rings. The van der Waals surface area contributed by atoms with Crippen LogP contribution >= 0.6 is 0 Å². The number of amides is 1.